The smallest absolute Gasteiger partial charge is 0.338 e. The fraction of sp³-hybridized carbons (Fsp3) is 0.364. The second kappa shape index (κ2) is 5.63. The zero-order valence-corrected chi connectivity index (χ0v) is 10.3. The first-order valence-corrected chi connectivity index (χ1v) is 5.55. The highest BCUT2D eigenvalue weighted by atomic mass is 35.5. The number of carbonyl (C=O) groups is 1. The van der Waals surface area contributed by atoms with Gasteiger partial charge in [-0.2, -0.15) is 0 Å². The van der Waals surface area contributed by atoms with Crippen LogP contribution >= 0.6 is 11.6 Å². The molecule has 0 saturated heterocycles. The highest BCUT2D eigenvalue weighted by molar-refractivity contribution is 6.17. The number of rotatable bonds is 4. The van der Waals surface area contributed by atoms with E-state index in [9.17, 15) is 14.9 Å². The third-order valence-electron chi connectivity index (χ3n) is 2.30. The summed E-state index contributed by atoms with van der Waals surface area (Å²) in [5.74, 6) is -0.479. The van der Waals surface area contributed by atoms with Gasteiger partial charge in [0.15, 0.2) is 0 Å². The topological polar surface area (TPSA) is 69.4 Å². The molecule has 0 heterocycles. The molecule has 0 spiro atoms. The Hall–Kier alpha value is -1.62. The SMILES string of the molecule is CCOC(=O)c1cc([N+](=O)[O-])cc(C)c1CCl. The van der Waals surface area contributed by atoms with Crippen molar-refractivity contribution in [3.63, 3.8) is 0 Å². The molecule has 6 heteroatoms. The maximum Gasteiger partial charge on any atom is 0.338 e. The Kier molecular flexibility index (Phi) is 4.45. The van der Waals surface area contributed by atoms with Crippen LogP contribution in [0.1, 0.15) is 28.4 Å². The Bertz CT molecular complexity index is 459. The highest BCUT2D eigenvalue weighted by Crippen LogP contribution is 2.24. The lowest BCUT2D eigenvalue weighted by molar-refractivity contribution is -0.384. The Morgan fingerprint density at radius 3 is 2.65 bits per heavy atom. The number of benzene rings is 1. The molecular formula is C11H12ClNO4. The van der Waals surface area contributed by atoms with Crippen LogP contribution in [-0.2, 0) is 10.6 Å². The van der Waals surface area contributed by atoms with E-state index in [2.05, 4.69) is 0 Å². The molecule has 0 bridgehead atoms. The number of alkyl halides is 1. The summed E-state index contributed by atoms with van der Waals surface area (Å²) in [6.45, 7) is 3.55. The van der Waals surface area contributed by atoms with Crippen molar-refractivity contribution in [2.45, 2.75) is 19.7 Å². The summed E-state index contributed by atoms with van der Waals surface area (Å²) < 4.78 is 4.84. The molecule has 0 radical (unpaired) electrons. The van der Waals surface area contributed by atoms with Gasteiger partial charge in [0.25, 0.3) is 5.69 Å². The first-order valence-electron chi connectivity index (χ1n) is 5.02. The van der Waals surface area contributed by atoms with Crippen LogP contribution in [0.5, 0.6) is 0 Å². The average molecular weight is 258 g/mol. The molecule has 0 N–H and O–H groups in total. The summed E-state index contributed by atoms with van der Waals surface area (Å²) in [7, 11) is 0. The van der Waals surface area contributed by atoms with Crippen molar-refractivity contribution < 1.29 is 14.5 Å². The number of nitro groups is 1. The number of carbonyl (C=O) groups excluding carboxylic acids is 1. The third-order valence-corrected chi connectivity index (χ3v) is 2.56. The molecule has 92 valence electrons. The van der Waals surface area contributed by atoms with Crippen LogP contribution in [0, 0.1) is 17.0 Å². The fourth-order valence-corrected chi connectivity index (χ4v) is 1.83. The molecular weight excluding hydrogens is 246 g/mol. The predicted octanol–water partition coefficient (Wildman–Crippen LogP) is 2.82. The van der Waals surface area contributed by atoms with E-state index in [1.165, 1.54) is 12.1 Å². The fourth-order valence-electron chi connectivity index (χ4n) is 1.47. The zero-order valence-electron chi connectivity index (χ0n) is 9.53. The van der Waals surface area contributed by atoms with Crippen LogP contribution in [0.25, 0.3) is 0 Å². The number of esters is 1. The molecule has 0 saturated carbocycles. The molecule has 17 heavy (non-hydrogen) atoms. The van der Waals surface area contributed by atoms with Crippen molar-refractivity contribution in [3.05, 3.63) is 38.9 Å². The molecule has 0 amide bonds. The van der Waals surface area contributed by atoms with Gasteiger partial charge in [-0.25, -0.2) is 4.79 Å². The van der Waals surface area contributed by atoms with Crippen LogP contribution in [-0.4, -0.2) is 17.5 Å². The van der Waals surface area contributed by atoms with Crippen molar-refractivity contribution in [1.29, 1.82) is 0 Å². The molecule has 1 aromatic rings. The quantitative estimate of drug-likeness (QED) is 0.360. The molecule has 1 rings (SSSR count). The molecule has 1 aromatic carbocycles. The van der Waals surface area contributed by atoms with Crippen molar-refractivity contribution in [2.75, 3.05) is 6.61 Å². The minimum absolute atomic E-state index is 0.109. The maximum absolute atomic E-state index is 11.6. The van der Waals surface area contributed by atoms with Crippen LogP contribution in [0.3, 0.4) is 0 Å². The summed E-state index contributed by atoms with van der Waals surface area (Å²) in [5.41, 5.74) is 1.20. The average Bonchev–Trinajstić information content (AvgIpc) is 2.28. The molecule has 5 nitrogen and oxygen atoms in total. The normalized spacial score (nSPS) is 10.1. The largest absolute Gasteiger partial charge is 0.462 e. The number of ether oxygens (including phenoxy) is 1. The Balaban J connectivity index is 3.33. The highest BCUT2D eigenvalue weighted by Gasteiger charge is 2.19. The van der Waals surface area contributed by atoms with Crippen LogP contribution < -0.4 is 0 Å². The lowest BCUT2D eigenvalue weighted by atomic mass is 10.0. The Labute approximate surface area is 103 Å². The van der Waals surface area contributed by atoms with Crippen LogP contribution in [0.15, 0.2) is 12.1 Å². The summed E-state index contributed by atoms with van der Waals surface area (Å²) in [6, 6.07) is 2.59. The molecule has 0 atom stereocenters. The Morgan fingerprint density at radius 1 is 1.53 bits per heavy atom. The van der Waals surface area contributed by atoms with Gasteiger partial charge in [0.05, 0.1) is 17.1 Å². The van der Waals surface area contributed by atoms with E-state index in [4.69, 9.17) is 16.3 Å². The van der Waals surface area contributed by atoms with E-state index in [0.717, 1.165) is 0 Å². The number of nitrogens with zero attached hydrogens (tertiary/aromatic N) is 1. The van der Waals surface area contributed by atoms with Gasteiger partial charge in [-0.15, -0.1) is 11.6 Å². The number of halogens is 1. The van der Waals surface area contributed by atoms with E-state index in [1.807, 2.05) is 0 Å². The van der Waals surface area contributed by atoms with Crippen molar-refractivity contribution in [3.8, 4) is 0 Å². The van der Waals surface area contributed by atoms with Gasteiger partial charge in [-0.3, -0.25) is 10.1 Å². The molecule has 0 aliphatic carbocycles. The second-order valence-corrected chi connectivity index (χ2v) is 3.67. The van der Waals surface area contributed by atoms with Gasteiger partial charge in [0.1, 0.15) is 0 Å². The van der Waals surface area contributed by atoms with Crippen molar-refractivity contribution in [1.82, 2.24) is 0 Å². The molecule has 0 aliphatic rings. The summed E-state index contributed by atoms with van der Waals surface area (Å²) >= 11 is 5.74. The van der Waals surface area contributed by atoms with Gasteiger partial charge in [0, 0.05) is 18.0 Å². The van der Waals surface area contributed by atoms with Gasteiger partial charge < -0.3 is 4.74 Å². The van der Waals surface area contributed by atoms with Crippen molar-refractivity contribution in [2.24, 2.45) is 0 Å². The second-order valence-electron chi connectivity index (χ2n) is 3.40. The number of nitro benzene ring substituents is 1. The van der Waals surface area contributed by atoms with Crippen LogP contribution in [0.2, 0.25) is 0 Å². The van der Waals surface area contributed by atoms with Crippen LogP contribution in [0.4, 0.5) is 5.69 Å². The molecule has 0 aromatic heterocycles. The summed E-state index contributed by atoms with van der Waals surface area (Å²) in [5, 5.41) is 10.7. The first kappa shape index (κ1) is 13.4. The van der Waals surface area contributed by atoms with E-state index < -0.39 is 10.9 Å². The van der Waals surface area contributed by atoms with Gasteiger partial charge >= 0.3 is 5.97 Å². The number of hydrogen-bond donors (Lipinski definition) is 0. The zero-order chi connectivity index (χ0) is 13.0. The molecule has 0 fully saturated rings. The number of hydrogen-bond acceptors (Lipinski definition) is 4. The lowest BCUT2D eigenvalue weighted by Crippen LogP contribution is -2.09. The first-order chi connectivity index (χ1) is 8.01. The van der Waals surface area contributed by atoms with Gasteiger partial charge in [-0.1, -0.05) is 0 Å². The molecule has 0 unspecified atom stereocenters. The number of aryl methyl sites for hydroxylation is 1. The van der Waals surface area contributed by atoms with Gasteiger partial charge in [0.2, 0.25) is 0 Å². The number of non-ortho nitro benzene ring substituents is 1. The van der Waals surface area contributed by atoms with E-state index in [0.29, 0.717) is 11.1 Å². The summed E-state index contributed by atoms with van der Waals surface area (Å²) in [4.78, 5) is 21.8. The standard InChI is InChI=1S/C11H12ClNO4/c1-3-17-11(14)9-5-8(13(15)16)4-7(2)10(9)6-12/h4-5H,3,6H2,1-2H3. The minimum atomic E-state index is -0.588. The van der Waals surface area contributed by atoms with Gasteiger partial charge in [-0.05, 0) is 25.0 Å². The van der Waals surface area contributed by atoms with Crippen molar-refractivity contribution >= 4 is 23.3 Å². The monoisotopic (exact) mass is 257 g/mol. The Morgan fingerprint density at radius 2 is 2.18 bits per heavy atom. The molecule has 0 aliphatic heterocycles. The predicted molar refractivity (Wildman–Crippen MR) is 63.3 cm³/mol. The van der Waals surface area contributed by atoms with E-state index in [1.54, 1.807) is 13.8 Å². The van der Waals surface area contributed by atoms with E-state index in [-0.39, 0.29) is 23.7 Å². The third kappa shape index (κ3) is 2.94. The lowest BCUT2D eigenvalue weighted by Gasteiger charge is -2.09. The maximum atomic E-state index is 11.6. The minimum Gasteiger partial charge on any atom is -0.462 e. The summed E-state index contributed by atoms with van der Waals surface area (Å²) in [6.07, 6.45) is 0. The van der Waals surface area contributed by atoms with E-state index >= 15 is 0 Å².